The number of unbranched alkanes of at least 4 members (excludes halogenated alkanes) is 5. The number of imide groups is 1. The predicted molar refractivity (Wildman–Crippen MR) is 283 cm³/mol. The molecule has 0 saturated carbocycles. The summed E-state index contributed by atoms with van der Waals surface area (Å²) in [6.45, 7) is 9.95. The molecule has 2 aromatic heterocycles. The topological polar surface area (TPSA) is 179 Å². The summed E-state index contributed by atoms with van der Waals surface area (Å²) in [7, 11) is 1.72. The van der Waals surface area contributed by atoms with Crippen molar-refractivity contribution in [1.82, 2.24) is 40.2 Å². The molecular weight excluding hydrogens is 927 g/mol. The fourth-order valence-electron chi connectivity index (χ4n) is 10.9. The van der Waals surface area contributed by atoms with E-state index >= 15 is 0 Å². The van der Waals surface area contributed by atoms with E-state index in [1.807, 2.05) is 55.1 Å². The smallest absolute Gasteiger partial charge is 0.329 e. The van der Waals surface area contributed by atoms with Gasteiger partial charge in [-0.2, -0.15) is 0 Å². The van der Waals surface area contributed by atoms with E-state index in [9.17, 15) is 28.8 Å². The van der Waals surface area contributed by atoms with Crippen molar-refractivity contribution in [2.24, 2.45) is 7.05 Å². The molecular formula is C56H71N9O6S. The summed E-state index contributed by atoms with van der Waals surface area (Å²) in [6, 6.07) is 24.5. The van der Waals surface area contributed by atoms with Crippen LogP contribution in [0.1, 0.15) is 140 Å². The van der Waals surface area contributed by atoms with Crippen LogP contribution in [0.15, 0.2) is 77.6 Å². The van der Waals surface area contributed by atoms with Crippen molar-refractivity contribution in [3.8, 4) is 10.4 Å². The van der Waals surface area contributed by atoms with Crippen LogP contribution in [0.4, 0.5) is 5.69 Å². The largest absolute Gasteiger partial charge is 0.380 e. The molecule has 4 saturated heterocycles. The van der Waals surface area contributed by atoms with Crippen LogP contribution in [0.2, 0.25) is 0 Å². The molecule has 72 heavy (non-hydrogen) atoms. The third kappa shape index (κ3) is 12.2. The van der Waals surface area contributed by atoms with Crippen LogP contribution in [-0.2, 0) is 32.8 Å². The number of likely N-dealkylation sites (tertiary alicyclic amines) is 2. The number of hydrogen-bond acceptors (Lipinski definition) is 10. The molecule has 382 valence electrons. The SMILES string of the molecule is Cc1ccc(NC2CNC2)cc1C(=O)N[C@H](C)c1cccc(-c2ccc(CN3CC[C@H](NC(=O)CCCCCCCCC(=O)N4CCC(c5ccc6c(c5)n(C)c(=O)n6C5CCC(=O)NC5=O)CC4)C3)s2)c1. The third-order valence-electron chi connectivity index (χ3n) is 15.3. The lowest BCUT2D eigenvalue weighted by atomic mass is 9.89. The molecule has 0 spiro atoms. The number of aromatic nitrogens is 2. The quantitative estimate of drug-likeness (QED) is 0.0392. The highest BCUT2D eigenvalue weighted by Crippen LogP contribution is 2.34. The van der Waals surface area contributed by atoms with Gasteiger partial charge in [-0.3, -0.25) is 43.3 Å². The van der Waals surface area contributed by atoms with Gasteiger partial charge in [0.05, 0.1) is 23.1 Å². The second kappa shape index (κ2) is 23.2. The van der Waals surface area contributed by atoms with Gasteiger partial charge in [0.2, 0.25) is 23.6 Å². The molecule has 4 fully saturated rings. The Kier molecular flexibility index (Phi) is 16.4. The maximum absolute atomic E-state index is 13.4. The fraction of sp³-hybridized carbons (Fsp3) is 0.500. The van der Waals surface area contributed by atoms with Gasteiger partial charge >= 0.3 is 5.69 Å². The Hall–Kier alpha value is -6.10. The normalized spacial score (nSPS) is 19.3. The monoisotopic (exact) mass is 998 g/mol. The molecule has 3 atom stereocenters. The van der Waals surface area contributed by atoms with Gasteiger partial charge in [0.1, 0.15) is 6.04 Å². The number of nitrogens with one attached hydrogen (secondary N) is 5. The summed E-state index contributed by atoms with van der Waals surface area (Å²) in [5, 5.41) is 15.6. The number of imidazole rings is 1. The summed E-state index contributed by atoms with van der Waals surface area (Å²) in [4.78, 5) is 83.8. The first kappa shape index (κ1) is 50.8. The predicted octanol–water partition coefficient (Wildman–Crippen LogP) is 7.45. The molecule has 16 heteroatoms. The number of nitrogens with zero attached hydrogens (tertiary/aromatic N) is 4. The van der Waals surface area contributed by atoms with Crippen LogP contribution in [0.5, 0.6) is 0 Å². The highest BCUT2D eigenvalue weighted by atomic mass is 32.1. The molecule has 0 radical (unpaired) electrons. The number of carbonyl (C=O) groups excluding carboxylic acids is 5. The molecule has 6 heterocycles. The minimum Gasteiger partial charge on any atom is -0.380 e. The van der Waals surface area contributed by atoms with Crippen LogP contribution in [-0.4, -0.2) is 99.8 Å². The minimum atomic E-state index is -0.706. The first-order valence-corrected chi connectivity index (χ1v) is 27.1. The summed E-state index contributed by atoms with van der Waals surface area (Å²) < 4.78 is 3.09. The van der Waals surface area contributed by atoms with Crippen molar-refractivity contribution < 1.29 is 24.0 Å². The number of thiophene rings is 1. The number of rotatable bonds is 20. The lowest BCUT2D eigenvalue weighted by molar-refractivity contribution is -0.136. The van der Waals surface area contributed by atoms with Crippen LogP contribution in [0.25, 0.3) is 21.5 Å². The number of anilines is 1. The number of fused-ring (bicyclic) bond motifs is 1. The number of aryl methyl sites for hydroxylation is 2. The molecule has 9 rings (SSSR count). The highest BCUT2D eigenvalue weighted by molar-refractivity contribution is 7.15. The lowest BCUT2D eigenvalue weighted by Crippen LogP contribution is -2.51. The van der Waals surface area contributed by atoms with E-state index in [1.54, 1.807) is 23.0 Å². The lowest BCUT2D eigenvalue weighted by Gasteiger charge is -2.32. The van der Waals surface area contributed by atoms with E-state index in [0.717, 1.165) is 124 Å². The van der Waals surface area contributed by atoms with Crippen LogP contribution < -0.4 is 32.3 Å². The number of benzene rings is 3. The van der Waals surface area contributed by atoms with Gasteiger partial charge in [0.25, 0.3) is 5.91 Å². The number of piperidine rings is 2. The van der Waals surface area contributed by atoms with E-state index in [1.165, 1.54) is 14.3 Å². The van der Waals surface area contributed by atoms with Crippen molar-refractivity contribution >= 4 is 57.6 Å². The van der Waals surface area contributed by atoms with Crippen molar-refractivity contribution in [2.75, 3.05) is 44.6 Å². The van der Waals surface area contributed by atoms with Crippen molar-refractivity contribution in [1.29, 1.82) is 0 Å². The fourth-order valence-corrected chi connectivity index (χ4v) is 11.9. The van der Waals surface area contributed by atoms with Crippen molar-refractivity contribution in [3.05, 3.63) is 110 Å². The van der Waals surface area contributed by atoms with Gasteiger partial charge in [-0.1, -0.05) is 56.0 Å². The first-order chi connectivity index (χ1) is 34.9. The second-order valence-corrected chi connectivity index (χ2v) is 21.8. The van der Waals surface area contributed by atoms with Crippen LogP contribution >= 0.6 is 11.3 Å². The summed E-state index contributed by atoms with van der Waals surface area (Å²) in [5.74, 6) is -0.190. The molecule has 3 aromatic carbocycles. The van der Waals surface area contributed by atoms with E-state index < -0.39 is 11.9 Å². The summed E-state index contributed by atoms with van der Waals surface area (Å²) in [5.41, 5.74) is 7.11. The molecule has 4 aliphatic heterocycles. The third-order valence-corrected chi connectivity index (χ3v) is 16.4. The van der Waals surface area contributed by atoms with E-state index in [0.29, 0.717) is 49.5 Å². The Morgan fingerprint density at radius 3 is 2.35 bits per heavy atom. The zero-order valence-corrected chi connectivity index (χ0v) is 42.9. The number of carbonyl (C=O) groups is 5. The standard InChI is InChI=1S/C56H71N9O6S/c1-36-15-17-42(59-44-32-57-33-44)31-46(36)54(69)58-37(2)39-11-10-12-41(29-39)50-21-18-45(72-50)35-63-26-25-43(34-63)60-51(66)13-8-6-4-5-7-9-14-53(68)64-27-23-38(24-28-64)40-16-19-47-49(30-40)62(3)56(71)65(47)48-20-22-52(67)61-55(48)70/h10-12,15-19,21,29-31,37-38,43-44,48,57,59H,4-9,13-14,20,22-28,32-35H2,1-3H3,(H,58,69)(H,60,66)(H,61,67,70)/t37-,43+,48?/m1/s1. The Morgan fingerprint density at radius 1 is 0.806 bits per heavy atom. The Morgan fingerprint density at radius 2 is 1.58 bits per heavy atom. The molecule has 5 amide bonds. The van der Waals surface area contributed by atoms with E-state index in [4.69, 9.17) is 0 Å². The average Bonchev–Trinajstić information content (AvgIpc) is 4.09. The maximum atomic E-state index is 13.4. The Balaban J connectivity index is 0.627. The summed E-state index contributed by atoms with van der Waals surface area (Å²) >= 11 is 1.80. The van der Waals surface area contributed by atoms with Gasteiger partial charge in [-0.15, -0.1) is 11.3 Å². The van der Waals surface area contributed by atoms with Gasteiger partial charge in [-0.05, 0) is 123 Å². The zero-order chi connectivity index (χ0) is 50.3. The van der Waals surface area contributed by atoms with E-state index in [2.05, 4.69) is 67.9 Å². The highest BCUT2D eigenvalue weighted by Gasteiger charge is 2.32. The Labute approximate surface area is 426 Å². The van der Waals surface area contributed by atoms with Crippen LogP contribution in [0.3, 0.4) is 0 Å². The van der Waals surface area contributed by atoms with Crippen LogP contribution in [0, 0.1) is 6.92 Å². The van der Waals surface area contributed by atoms with Gasteiger partial charge in [0, 0.05) is 99.2 Å². The van der Waals surface area contributed by atoms with Crippen molar-refractivity contribution in [2.45, 2.75) is 134 Å². The summed E-state index contributed by atoms with van der Waals surface area (Å²) in [6.07, 6.45) is 10.2. The molecule has 5 N–H and O–H groups in total. The molecule has 5 aromatic rings. The molecule has 0 aliphatic carbocycles. The Bertz CT molecular complexity index is 2840. The molecule has 1 unspecified atom stereocenters. The van der Waals surface area contributed by atoms with Gasteiger partial charge in [0.15, 0.2) is 0 Å². The molecule has 4 aliphatic rings. The van der Waals surface area contributed by atoms with Gasteiger partial charge < -0.3 is 26.2 Å². The maximum Gasteiger partial charge on any atom is 0.329 e. The zero-order valence-electron chi connectivity index (χ0n) is 42.1. The second-order valence-electron chi connectivity index (χ2n) is 20.6. The number of amides is 5. The van der Waals surface area contributed by atoms with E-state index in [-0.39, 0.29) is 53.7 Å². The van der Waals surface area contributed by atoms with Crippen molar-refractivity contribution in [3.63, 3.8) is 0 Å². The minimum absolute atomic E-state index is 0.0753. The first-order valence-electron chi connectivity index (χ1n) is 26.3. The average molecular weight is 998 g/mol. The molecule has 15 nitrogen and oxygen atoms in total. The van der Waals surface area contributed by atoms with Gasteiger partial charge in [-0.25, -0.2) is 4.79 Å². The molecule has 0 bridgehead atoms. The number of hydrogen-bond donors (Lipinski definition) is 5.